The van der Waals surface area contributed by atoms with E-state index in [-0.39, 0.29) is 18.0 Å². The lowest BCUT2D eigenvalue weighted by Crippen LogP contribution is -2.49. The first-order valence-corrected chi connectivity index (χ1v) is 13.5. The Kier molecular flexibility index (Phi) is 9.05. The fourth-order valence-electron chi connectivity index (χ4n) is 5.04. The minimum Gasteiger partial charge on any atom is -0.330 e. The minimum atomic E-state index is -0.178. The predicted molar refractivity (Wildman–Crippen MR) is 147 cm³/mol. The molecular formula is C29H38ClN5O. The van der Waals surface area contributed by atoms with Crippen LogP contribution in [0.4, 0.5) is 4.79 Å². The number of halogens is 1. The molecule has 192 valence electrons. The zero-order chi connectivity index (χ0) is 25.5. The molecule has 4 rings (SSSR count). The summed E-state index contributed by atoms with van der Waals surface area (Å²) in [5.41, 5.74) is 8.93. The number of urea groups is 1. The van der Waals surface area contributed by atoms with Crippen molar-refractivity contribution in [3.63, 3.8) is 0 Å². The van der Waals surface area contributed by atoms with Gasteiger partial charge in [-0.25, -0.2) is 9.78 Å². The third-order valence-corrected chi connectivity index (χ3v) is 7.07. The van der Waals surface area contributed by atoms with Gasteiger partial charge in [0.15, 0.2) is 0 Å². The van der Waals surface area contributed by atoms with Gasteiger partial charge in [-0.2, -0.15) is 0 Å². The standard InChI is InChI=1S/C29H38ClN5O/c1-22(2)27(35(18-10-15-31)29(36)33-16-7-4-8-17-33)28-32-26(24-13-9-14-25(30)19-24)21-34(28)20-23-11-5-3-6-12-23/h3,5-6,9,11-14,19,21-22,27H,4,7-8,10,15-18,20,31H2,1-2H3/t27-/m1/s1. The molecule has 0 unspecified atom stereocenters. The molecule has 2 N–H and O–H groups in total. The number of hydrogen-bond donors (Lipinski definition) is 1. The van der Waals surface area contributed by atoms with Crippen LogP contribution < -0.4 is 5.73 Å². The van der Waals surface area contributed by atoms with E-state index in [4.69, 9.17) is 22.3 Å². The zero-order valence-electron chi connectivity index (χ0n) is 21.4. The number of likely N-dealkylation sites (tertiary alicyclic amines) is 1. The second-order valence-corrected chi connectivity index (χ2v) is 10.4. The van der Waals surface area contributed by atoms with Crippen molar-refractivity contribution in [3.05, 3.63) is 77.2 Å². The maximum atomic E-state index is 13.9. The Balaban J connectivity index is 1.78. The van der Waals surface area contributed by atoms with Crippen LogP contribution in [0.2, 0.25) is 5.02 Å². The highest BCUT2D eigenvalue weighted by atomic mass is 35.5. The molecule has 0 saturated carbocycles. The number of piperidine rings is 1. The lowest BCUT2D eigenvalue weighted by molar-refractivity contribution is 0.107. The zero-order valence-corrected chi connectivity index (χ0v) is 22.2. The first-order valence-electron chi connectivity index (χ1n) is 13.1. The van der Waals surface area contributed by atoms with E-state index in [1.54, 1.807) is 0 Å². The molecule has 1 aliphatic heterocycles. The van der Waals surface area contributed by atoms with Gasteiger partial charge in [0.2, 0.25) is 0 Å². The van der Waals surface area contributed by atoms with Crippen molar-refractivity contribution in [1.29, 1.82) is 0 Å². The molecule has 2 aromatic carbocycles. The van der Waals surface area contributed by atoms with Gasteiger partial charge in [0.25, 0.3) is 0 Å². The number of nitrogens with two attached hydrogens (primary N) is 1. The fraction of sp³-hybridized carbons (Fsp3) is 0.448. The molecule has 2 heterocycles. The highest BCUT2D eigenvalue weighted by Crippen LogP contribution is 2.33. The van der Waals surface area contributed by atoms with Crippen molar-refractivity contribution in [2.24, 2.45) is 11.7 Å². The molecule has 2 amide bonds. The first kappa shape index (κ1) is 26.2. The first-order chi connectivity index (χ1) is 17.5. The molecule has 6 nitrogen and oxygen atoms in total. The van der Waals surface area contributed by atoms with Gasteiger partial charge >= 0.3 is 6.03 Å². The van der Waals surface area contributed by atoms with Gasteiger partial charge in [0.05, 0.1) is 11.7 Å². The summed E-state index contributed by atoms with van der Waals surface area (Å²) >= 11 is 6.31. The van der Waals surface area contributed by atoms with E-state index in [9.17, 15) is 4.79 Å². The Morgan fingerprint density at radius 1 is 1.08 bits per heavy atom. The molecule has 1 aromatic heterocycles. The quantitative estimate of drug-likeness (QED) is 0.374. The van der Waals surface area contributed by atoms with Crippen molar-refractivity contribution < 1.29 is 4.79 Å². The second-order valence-electron chi connectivity index (χ2n) is 9.96. The average Bonchev–Trinajstić information content (AvgIpc) is 3.30. The summed E-state index contributed by atoms with van der Waals surface area (Å²) in [4.78, 5) is 23.1. The number of carbonyl (C=O) groups is 1. The molecule has 0 radical (unpaired) electrons. The molecule has 1 fully saturated rings. The van der Waals surface area contributed by atoms with Gasteiger partial charge in [-0.3, -0.25) is 0 Å². The summed E-state index contributed by atoms with van der Waals surface area (Å²) in [6.07, 6.45) is 6.15. The van der Waals surface area contributed by atoms with Gasteiger partial charge in [-0.05, 0) is 55.8 Å². The van der Waals surface area contributed by atoms with E-state index in [0.717, 1.165) is 49.4 Å². The SMILES string of the molecule is CC(C)[C@H](c1nc(-c2cccc(Cl)c2)cn1Cc1ccccc1)N(CCCN)C(=O)N1CCCCC1. The molecule has 0 bridgehead atoms. The van der Waals surface area contributed by atoms with Crippen LogP contribution in [0.3, 0.4) is 0 Å². The average molecular weight is 508 g/mol. The van der Waals surface area contributed by atoms with Crippen molar-refractivity contribution in [3.8, 4) is 11.3 Å². The summed E-state index contributed by atoms with van der Waals surface area (Å²) in [6.45, 7) is 7.80. The summed E-state index contributed by atoms with van der Waals surface area (Å²) < 4.78 is 2.20. The molecule has 3 aromatic rings. The second kappa shape index (κ2) is 12.4. The molecule has 0 aliphatic carbocycles. The van der Waals surface area contributed by atoms with Gasteiger partial charge in [-0.15, -0.1) is 0 Å². The lowest BCUT2D eigenvalue weighted by atomic mass is 10.0. The Morgan fingerprint density at radius 3 is 2.50 bits per heavy atom. The lowest BCUT2D eigenvalue weighted by Gasteiger charge is -2.39. The van der Waals surface area contributed by atoms with Crippen LogP contribution >= 0.6 is 11.6 Å². The van der Waals surface area contributed by atoms with Crippen molar-refractivity contribution in [2.75, 3.05) is 26.2 Å². The topological polar surface area (TPSA) is 67.4 Å². The van der Waals surface area contributed by atoms with Gasteiger partial charge in [0.1, 0.15) is 5.82 Å². The van der Waals surface area contributed by atoms with Crippen LogP contribution in [0, 0.1) is 5.92 Å². The minimum absolute atomic E-state index is 0.0976. The monoisotopic (exact) mass is 507 g/mol. The number of imidazole rings is 1. The molecule has 1 saturated heterocycles. The summed E-state index contributed by atoms with van der Waals surface area (Å²) in [6, 6.07) is 18.1. The fourth-order valence-corrected chi connectivity index (χ4v) is 5.23. The molecule has 36 heavy (non-hydrogen) atoms. The van der Waals surface area contributed by atoms with E-state index < -0.39 is 0 Å². The predicted octanol–water partition coefficient (Wildman–Crippen LogP) is 6.21. The smallest absolute Gasteiger partial charge is 0.320 e. The molecule has 0 spiro atoms. The number of carbonyl (C=O) groups excluding carboxylic acids is 1. The maximum absolute atomic E-state index is 13.9. The Labute approximate surface area is 220 Å². The Hall–Kier alpha value is -2.83. The van der Waals surface area contributed by atoms with Crippen LogP contribution in [0.25, 0.3) is 11.3 Å². The third-order valence-electron chi connectivity index (χ3n) is 6.83. The van der Waals surface area contributed by atoms with Gasteiger partial charge in [0, 0.05) is 43.0 Å². The van der Waals surface area contributed by atoms with Crippen molar-refractivity contribution >= 4 is 17.6 Å². The maximum Gasteiger partial charge on any atom is 0.320 e. The normalized spacial score (nSPS) is 14.8. The number of nitrogens with zero attached hydrogens (tertiary/aromatic N) is 4. The van der Waals surface area contributed by atoms with E-state index in [1.807, 2.05) is 40.1 Å². The summed E-state index contributed by atoms with van der Waals surface area (Å²) in [5.74, 6) is 1.06. The number of benzene rings is 2. The largest absolute Gasteiger partial charge is 0.330 e. The Bertz CT molecular complexity index is 1120. The summed E-state index contributed by atoms with van der Waals surface area (Å²) in [7, 11) is 0. The van der Waals surface area contributed by atoms with E-state index in [1.165, 1.54) is 12.0 Å². The van der Waals surface area contributed by atoms with Crippen molar-refractivity contribution in [2.45, 2.75) is 52.1 Å². The van der Waals surface area contributed by atoms with E-state index in [2.05, 4.69) is 48.9 Å². The molecule has 7 heteroatoms. The van der Waals surface area contributed by atoms with Crippen LogP contribution in [0.15, 0.2) is 60.8 Å². The molecule has 1 atom stereocenters. The van der Waals surface area contributed by atoms with Crippen LogP contribution in [0.5, 0.6) is 0 Å². The Morgan fingerprint density at radius 2 is 1.83 bits per heavy atom. The number of amides is 2. The third kappa shape index (κ3) is 6.29. The van der Waals surface area contributed by atoms with E-state index in [0.29, 0.717) is 24.7 Å². The van der Waals surface area contributed by atoms with Crippen LogP contribution in [-0.4, -0.2) is 51.6 Å². The summed E-state index contributed by atoms with van der Waals surface area (Å²) in [5, 5.41) is 0.678. The highest BCUT2D eigenvalue weighted by molar-refractivity contribution is 6.30. The van der Waals surface area contributed by atoms with Crippen LogP contribution in [0.1, 0.15) is 57.0 Å². The number of aromatic nitrogens is 2. The molecule has 1 aliphatic rings. The van der Waals surface area contributed by atoms with Crippen LogP contribution in [-0.2, 0) is 6.54 Å². The molecular weight excluding hydrogens is 470 g/mol. The van der Waals surface area contributed by atoms with E-state index >= 15 is 0 Å². The number of hydrogen-bond acceptors (Lipinski definition) is 3. The van der Waals surface area contributed by atoms with Crippen molar-refractivity contribution in [1.82, 2.24) is 19.4 Å². The van der Waals surface area contributed by atoms with Gasteiger partial charge in [-0.1, -0.05) is 67.9 Å². The van der Waals surface area contributed by atoms with Gasteiger partial charge < -0.3 is 20.1 Å². The highest BCUT2D eigenvalue weighted by Gasteiger charge is 2.34. The number of rotatable bonds is 9.